The highest BCUT2D eigenvalue weighted by Gasteiger charge is 2.34. The minimum absolute atomic E-state index is 0.00728. The number of aromatic nitrogens is 2. The van der Waals surface area contributed by atoms with Crippen LogP contribution in [0.5, 0.6) is 11.6 Å². The summed E-state index contributed by atoms with van der Waals surface area (Å²) in [5.74, 6) is -1.82. The number of para-hydroxylation sites is 1. The van der Waals surface area contributed by atoms with E-state index in [1.165, 1.54) is 25.3 Å². The Morgan fingerprint density at radius 1 is 1.17 bits per heavy atom. The Kier molecular flexibility index (Phi) is 7.20. The number of benzene rings is 2. The monoisotopic (exact) mass is 513 g/mol. The van der Waals surface area contributed by atoms with Crippen molar-refractivity contribution < 1.29 is 23.8 Å². The molecule has 2 aromatic carbocycles. The molecule has 1 fully saturated rings. The first-order valence-corrected chi connectivity index (χ1v) is 11.4. The van der Waals surface area contributed by atoms with Gasteiger partial charge in [0.15, 0.2) is 5.17 Å². The summed E-state index contributed by atoms with van der Waals surface area (Å²) in [6, 6.07) is 11.0. The molecule has 2 heterocycles. The summed E-state index contributed by atoms with van der Waals surface area (Å²) in [7, 11) is 1.48. The molecule has 2 amide bonds. The maximum Gasteiger partial charge on any atom is 0.328 e. The molecular formula is C23H20FN5O6S. The number of aromatic amines is 2. The van der Waals surface area contributed by atoms with E-state index in [9.17, 15) is 28.7 Å². The quantitative estimate of drug-likeness (QED) is 0.320. The van der Waals surface area contributed by atoms with Gasteiger partial charge in [-0.15, -0.1) is 0 Å². The zero-order chi connectivity index (χ0) is 25.8. The van der Waals surface area contributed by atoms with Crippen molar-refractivity contribution in [3.05, 3.63) is 86.3 Å². The first kappa shape index (κ1) is 24.7. The number of aliphatic imine (C=N–C) groups is 1. The third-order valence-electron chi connectivity index (χ3n) is 5.21. The summed E-state index contributed by atoms with van der Waals surface area (Å²) in [5, 5.41) is 14.5. The van der Waals surface area contributed by atoms with Crippen molar-refractivity contribution in [3.8, 4) is 11.6 Å². The molecule has 1 aliphatic heterocycles. The lowest BCUT2D eigenvalue weighted by Crippen LogP contribution is -2.29. The van der Waals surface area contributed by atoms with Crippen molar-refractivity contribution >= 4 is 34.4 Å². The van der Waals surface area contributed by atoms with Crippen LogP contribution < -0.4 is 26.6 Å². The molecule has 11 nitrogen and oxygen atoms in total. The number of H-pyrrole nitrogens is 2. The number of amidine groups is 1. The van der Waals surface area contributed by atoms with Gasteiger partial charge in [-0.3, -0.25) is 24.4 Å². The van der Waals surface area contributed by atoms with E-state index in [1.807, 2.05) is 0 Å². The zero-order valence-electron chi connectivity index (χ0n) is 18.7. The van der Waals surface area contributed by atoms with Crippen LogP contribution in [0.2, 0.25) is 0 Å². The molecule has 3 aromatic rings. The molecule has 0 unspecified atom stereocenters. The Balaban J connectivity index is 1.60. The van der Waals surface area contributed by atoms with Gasteiger partial charge < -0.3 is 20.5 Å². The molecule has 0 bridgehead atoms. The lowest BCUT2D eigenvalue weighted by molar-refractivity contribution is -0.122. The molecular weight excluding hydrogens is 493 g/mol. The highest BCUT2D eigenvalue weighted by molar-refractivity contribution is 8.15. The van der Waals surface area contributed by atoms with Crippen LogP contribution in [0.4, 0.5) is 10.1 Å². The largest absolute Gasteiger partial charge is 0.497 e. The fourth-order valence-electron chi connectivity index (χ4n) is 3.48. The standard InChI is InChI=1S/C23H20FN5O6S/c1-35-12-8-6-11(7-9-12)18(17-20(32)27-22(34)28-21(17)33)26-23-29-19(31)15(36-23)10-16(30)25-14-5-3-2-4-13(14)24/h2-9,15,18H,10H2,1H3,(H,25,30)(H,26,29,31)(H3,27,28,32,33,34)/t15-,18+/m1/s1. The van der Waals surface area contributed by atoms with Crippen molar-refractivity contribution in [3.63, 3.8) is 0 Å². The zero-order valence-corrected chi connectivity index (χ0v) is 19.5. The third kappa shape index (κ3) is 5.46. The number of carbonyl (C=O) groups excluding carboxylic acids is 2. The first-order valence-electron chi connectivity index (χ1n) is 10.5. The Hall–Kier alpha value is -4.39. The number of methoxy groups -OCH3 is 1. The molecule has 1 aliphatic rings. The Labute approximate surface area is 206 Å². The van der Waals surface area contributed by atoms with Gasteiger partial charge in [-0.1, -0.05) is 36.0 Å². The lowest BCUT2D eigenvalue weighted by Gasteiger charge is -2.15. The molecule has 2 atom stereocenters. The van der Waals surface area contributed by atoms with Crippen molar-refractivity contribution in [2.24, 2.45) is 4.99 Å². The highest BCUT2D eigenvalue weighted by atomic mass is 32.2. The van der Waals surface area contributed by atoms with Crippen LogP contribution in [0, 0.1) is 5.82 Å². The SMILES string of the molecule is COc1ccc([C@H](N=C2NC(=O)[C@@H](CC(=O)Nc3ccccc3F)S2)c2c(O)[nH]c(=O)[nH]c2=O)cc1. The van der Waals surface area contributed by atoms with Crippen molar-refractivity contribution in [2.75, 3.05) is 12.4 Å². The third-order valence-corrected chi connectivity index (χ3v) is 6.30. The molecule has 0 saturated carbocycles. The van der Waals surface area contributed by atoms with Gasteiger partial charge in [-0.2, -0.15) is 0 Å². The molecule has 0 radical (unpaired) electrons. The minimum Gasteiger partial charge on any atom is -0.497 e. The highest BCUT2D eigenvalue weighted by Crippen LogP contribution is 2.32. The summed E-state index contributed by atoms with van der Waals surface area (Å²) in [6.07, 6.45) is -0.262. The van der Waals surface area contributed by atoms with Gasteiger partial charge in [0.05, 0.1) is 12.8 Å². The number of aromatic hydroxyl groups is 1. The molecule has 186 valence electrons. The van der Waals surface area contributed by atoms with Gasteiger partial charge in [-0.05, 0) is 29.8 Å². The van der Waals surface area contributed by atoms with E-state index in [4.69, 9.17) is 4.74 Å². The number of nitrogens with zero attached hydrogens (tertiary/aromatic N) is 1. The smallest absolute Gasteiger partial charge is 0.328 e. The first-order chi connectivity index (χ1) is 17.2. The topological polar surface area (TPSA) is 166 Å². The van der Waals surface area contributed by atoms with Crippen LogP contribution in [0.3, 0.4) is 0 Å². The Morgan fingerprint density at radius 2 is 1.89 bits per heavy atom. The molecule has 1 aromatic heterocycles. The maximum atomic E-state index is 13.8. The lowest BCUT2D eigenvalue weighted by atomic mass is 10.0. The number of amides is 2. The summed E-state index contributed by atoms with van der Waals surface area (Å²) >= 11 is 0.946. The molecule has 0 spiro atoms. The van der Waals surface area contributed by atoms with Crippen molar-refractivity contribution in [2.45, 2.75) is 17.7 Å². The second-order valence-corrected chi connectivity index (χ2v) is 8.80. The van der Waals surface area contributed by atoms with E-state index in [1.54, 1.807) is 30.3 Å². The number of anilines is 1. The van der Waals surface area contributed by atoms with Gasteiger partial charge in [0, 0.05) is 6.42 Å². The fraction of sp³-hybridized carbons (Fsp3) is 0.174. The van der Waals surface area contributed by atoms with Crippen LogP contribution in [0.1, 0.15) is 23.6 Å². The molecule has 13 heteroatoms. The number of hydrogen-bond acceptors (Lipinski definition) is 8. The van der Waals surface area contributed by atoms with Crippen LogP contribution >= 0.6 is 11.8 Å². The van der Waals surface area contributed by atoms with Gasteiger partial charge in [0.2, 0.25) is 17.7 Å². The number of ether oxygens (including phenoxy) is 1. The summed E-state index contributed by atoms with van der Waals surface area (Å²) in [6.45, 7) is 0. The van der Waals surface area contributed by atoms with E-state index >= 15 is 0 Å². The number of halogens is 1. The number of rotatable bonds is 7. The van der Waals surface area contributed by atoms with E-state index in [0.717, 1.165) is 11.8 Å². The van der Waals surface area contributed by atoms with Crippen LogP contribution in [-0.2, 0) is 9.59 Å². The average Bonchev–Trinajstić information content (AvgIpc) is 3.17. The molecule has 36 heavy (non-hydrogen) atoms. The van der Waals surface area contributed by atoms with E-state index in [2.05, 4.69) is 25.6 Å². The normalized spacial score (nSPS) is 17.0. The molecule has 0 aliphatic carbocycles. The number of nitrogens with one attached hydrogen (secondary N) is 4. The van der Waals surface area contributed by atoms with Crippen molar-refractivity contribution in [1.29, 1.82) is 0 Å². The fourth-order valence-corrected chi connectivity index (χ4v) is 4.48. The summed E-state index contributed by atoms with van der Waals surface area (Å²) < 4.78 is 19.0. The number of carbonyl (C=O) groups is 2. The van der Waals surface area contributed by atoms with Gasteiger partial charge >= 0.3 is 5.69 Å². The predicted molar refractivity (Wildman–Crippen MR) is 131 cm³/mol. The Bertz CT molecular complexity index is 1450. The number of hydrogen-bond donors (Lipinski definition) is 5. The predicted octanol–water partition coefficient (Wildman–Crippen LogP) is 1.62. The van der Waals surface area contributed by atoms with E-state index < -0.39 is 46.1 Å². The minimum atomic E-state index is -1.12. The average molecular weight is 514 g/mol. The van der Waals surface area contributed by atoms with Crippen LogP contribution in [0.15, 0.2) is 63.1 Å². The maximum absolute atomic E-state index is 13.8. The van der Waals surface area contributed by atoms with Crippen LogP contribution in [0.25, 0.3) is 0 Å². The number of thioether (sulfide) groups is 1. The van der Waals surface area contributed by atoms with E-state index in [-0.39, 0.29) is 22.8 Å². The van der Waals surface area contributed by atoms with Gasteiger partial charge in [0.1, 0.15) is 28.4 Å². The van der Waals surface area contributed by atoms with Crippen LogP contribution in [-0.4, -0.2) is 44.4 Å². The van der Waals surface area contributed by atoms with Gasteiger partial charge in [0.25, 0.3) is 5.56 Å². The van der Waals surface area contributed by atoms with E-state index in [0.29, 0.717) is 11.3 Å². The second-order valence-electron chi connectivity index (χ2n) is 7.61. The van der Waals surface area contributed by atoms with Crippen molar-refractivity contribution in [1.82, 2.24) is 15.3 Å². The summed E-state index contributed by atoms with van der Waals surface area (Å²) in [4.78, 5) is 57.6. The van der Waals surface area contributed by atoms with Gasteiger partial charge in [-0.25, -0.2) is 14.2 Å². The summed E-state index contributed by atoms with van der Waals surface area (Å²) in [5.41, 5.74) is -1.56. The molecule has 5 N–H and O–H groups in total. The second kappa shape index (κ2) is 10.5. The molecule has 1 saturated heterocycles. The molecule has 4 rings (SSSR count). The Morgan fingerprint density at radius 3 is 2.56 bits per heavy atom.